The highest BCUT2D eigenvalue weighted by Crippen LogP contribution is 2.17. The molecule has 0 atom stereocenters. The van der Waals surface area contributed by atoms with Crippen LogP contribution in [0.1, 0.15) is 23.4 Å². The molecule has 0 radical (unpaired) electrons. The number of halogens is 1. The molecule has 1 aliphatic rings. The number of H-pyrrole nitrogens is 1. The number of nitrogens with zero attached hydrogens (tertiary/aromatic N) is 2. The highest BCUT2D eigenvalue weighted by atomic mass is 19.1. The van der Waals surface area contributed by atoms with Crippen LogP contribution in [0.4, 0.5) is 4.39 Å². The zero-order valence-electron chi connectivity index (χ0n) is 10.9. The Hall–Kier alpha value is -2.23. The van der Waals surface area contributed by atoms with Crippen LogP contribution in [-0.2, 0) is 0 Å². The number of aromatic amines is 1. The van der Waals surface area contributed by atoms with E-state index < -0.39 is 0 Å². The van der Waals surface area contributed by atoms with Gasteiger partial charge in [-0.25, -0.2) is 9.38 Å². The van der Waals surface area contributed by atoms with Gasteiger partial charge in [-0.05, 0) is 38.0 Å². The summed E-state index contributed by atoms with van der Waals surface area (Å²) in [6.45, 7) is 4.07. The molecular weight excluding hydrogens is 241 g/mol. The van der Waals surface area contributed by atoms with E-state index in [1.807, 2.05) is 13.0 Å². The molecule has 1 N–H and O–H groups in total. The maximum absolute atomic E-state index is 13.8. The van der Waals surface area contributed by atoms with Crippen LogP contribution in [0.2, 0.25) is 0 Å². The zero-order chi connectivity index (χ0) is 13.4. The molecular formula is C15H14FN3. The van der Waals surface area contributed by atoms with Crippen molar-refractivity contribution in [3.8, 4) is 0 Å². The fourth-order valence-corrected chi connectivity index (χ4v) is 2.23. The monoisotopic (exact) mass is 255 g/mol. The quantitative estimate of drug-likeness (QED) is 0.832. The molecule has 0 aliphatic carbocycles. The molecule has 0 aromatic carbocycles. The van der Waals surface area contributed by atoms with Crippen molar-refractivity contribution < 1.29 is 4.39 Å². The molecule has 0 saturated carbocycles. The molecule has 1 aliphatic heterocycles. The lowest BCUT2D eigenvalue weighted by atomic mass is 10.2. The van der Waals surface area contributed by atoms with Crippen LogP contribution in [0.3, 0.4) is 0 Å². The van der Waals surface area contributed by atoms with Gasteiger partial charge in [-0.15, -0.1) is 0 Å². The van der Waals surface area contributed by atoms with E-state index in [-0.39, 0.29) is 5.82 Å². The maximum Gasteiger partial charge on any atom is 0.151 e. The van der Waals surface area contributed by atoms with E-state index >= 15 is 0 Å². The number of fused-ring (bicyclic) bond motifs is 1. The Labute approximate surface area is 110 Å². The van der Waals surface area contributed by atoms with Crippen molar-refractivity contribution in [1.82, 2.24) is 9.97 Å². The average molecular weight is 255 g/mol. The van der Waals surface area contributed by atoms with Crippen molar-refractivity contribution in [3.05, 3.63) is 57.9 Å². The third-order valence-electron chi connectivity index (χ3n) is 3.39. The first-order valence-corrected chi connectivity index (χ1v) is 6.22. The molecule has 0 saturated heterocycles. The number of rotatable bonds is 1. The van der Waals surface area contributed by atoms with Crippen LogP contribution in [0.15, 0.2) is 29.4 Å². The lowest BCUT2D eigenvalue weighted by Gasteiger charge is -2.00. The normalized spacial score (nSPS) is 13.9. The summed E-state index contributed by atoms with van der Waals surface area (Å²) in [5.41, 5.74) is 3.94. The van der Waals surface area contributed by atoms with E-state index in [0.717, 1.165) is 22.8 Å². The molecule has 0 bridgehead atoms. The lowest BCUT2D eigenvalue weighted by Crippen LogP contribution is -2.23. The Morgan fingerprint density at radius 1 is 1.26 bits per heavy atom. The molecule has 2 aromatic heterocycles. The third-order valence-corrected chi connectivity index (χ3v) is 3.39. The predicted octanol–water partition coefficient (Wildman–Crippen LogP) is 2.01. The number of aromatic nitrogens is 2. The molecule has 0 unspecified atom stereocenters. The van der Waals surface area contributed by atoms with Gasteiger partial charge in [0.15, 0.2) is 5.82 Å². The number of nitrogens with one attached hydrogen (secondary N) is 1. The van der Waals surface area contributed by atoms with Gasteiger partial charge in [0.25, 0.3) is 0 Å². The summed E-state index contributed by atoms with van der Waals surface area (Å²) in [5, 5.41) is 1.10. The number of pyridine rings is 1. The van der Waals surface area contributed by atoms with Crippen molar-refractivity contribution >= 4 is 11.8 Å². The van der Waals surface area contributed by atoms with Gasteiger partial charge in [-0.2, -0.15) is 0 Å². The minimum atomic E-state index is -0.346. The van der Waals surface area contributed by atoms with Gasteiger partial charge in [0.1, 0.15) is 11.2 Å². The van der Waals surface area contributed by atoms with E-state index in [4.69, 9.17) is 0 Å². The van der Waals surface area contributed by atoms with Crippen LogP contribution in [0, 0.1) is 19.7 Å². The Balaban J connectivity index is 2.21. The Bertz CT molecular complexity index is 784. The van der Waals surface area contributed by atoms with Gasteiger partial charge in [-0.1, -0.05) is 12.2 Å². The van der Waals surface area contributed by atoms with Crippen molar-refractivity contribution in [3.63, 3.8) is 0 Å². The molecule has 2 aromatic rings. The summed E-state index contributed by atoms with van der Waals surface area (Å²) in [6.07, 6.45) is 6.30. The average Bonchev–Trinajstić information content (AvgIpc) is 2.58. The summed E-state index contributed by atoms with van der Waals surface area (Å²) >= 11 is 0. The second kappa shape index (κ2) is 4.46. The fourth-order valence-electron chi connectivity index (χ4n) is 2.23. The molecule has 96 valence electrons. The molecule has 4 heteroatoms. The summed E-state index contributed by atoms with van der Waals surface area (Å²) < 4.78 is 13.8. The molecule has 19 heavy (non-hydrogen) atoms. The molecule has 0 amide bonds. The Morgan fingerprint density at radius 3 is 2.89 bits per heavy atom. The number of allylic oxidation sites excluding steroid dienone is 1. The van der Waals surface area contributed by atoms with Crippen LogP contribution in [0.25, 0.3) is 11.8 Å². The third kappa shape index (κ3) is 1.99. The number of hydrogen-bond donors (Lipinski definition) is 1. The first-order chi connectivity index (χ1) is 9.16. The topological polar surface area (TPSA) is 41.0 Å². The second-order valence-electron chi connectivity index (χ2n) is 4.61. The zero-order valence-corrected chi connectivity index (χ0v) is 10.9. The molecule has 3 heterocycles. The maximum atomic E-state index is 13.8. The van der Waals surface area contributed by atoms with Gasteiger partial charge in [0, 0.05) is 17.1 Å². The van der Waals surface area contributed by atoms with Crippen LogP contribution < -0.4 is 10.7 Å². The first-order valence-electron chi connectivity index (χ1n) is 6.22. The molecule has 3 rings (SSSR count). The smallest absolute Gasteiger partial charge is 0.151 e. The lowest BCUT2D eigenvalue weighted by molar-refractivity contribution is 0.616. The van der Waals surface area contributed by atoms with E-state index in [2.05, 4.69) is 28.0 Å². The SMILES string of the molecule is Cc1[nH]c2c(c1C)=CCC=C(c1ncccc1F)N=2. The molecule has 0 fully saturated rings. The van der Waals surface area contributed by atoms with E-state index in [0.29, 0.717) is 11.4 Å². The van der Waals surface area contributed by atoms with E-state index in [1.54, 1.807) is 12.3 Å². The highest BCUT2D eigenvalue weighted by molar-refractivity contribution is 5.63. The summed E-state index contributed by atoms with van der Waals surface area (Å²) in [6, 6.07) is 2.98. The van der Waals surface area contributed by atoms with Crippen LogP contribution in [0.5, 0.6) is 0 Å². The Kier molecular flexibility index (Phi) is 2.78. The summed E-state index contributed by atoms with van der Waals surface area (Å²) in [7, 11) is 0. The van der Waals surface area contributed by atoms with Gasteiger partial charge in [0.2, 0.25) is 0 Å². The van der Waals surface area contributed by atoms with Crippen molar-refractivity contribution in [2.45, 2.75) is 20.3 Å². The van der Waals surface area contributed by atoms with E-state index in [1.165, 1.54) is 11.6 Å². The van der Waals surface area contributed by atoms with Gasteiger partial charge >= 0.3 is 0 Å². The molecule has 3 nitrogen and oxygen atoms in total. The number of hydrogen-bond acceptors (Lipinski definition) is 2. The highest BCUT2D eigenvalue weighted by Gasteiger charge is 2.10. The van der Waals surface area contributed by atoms with Gasteiger partial charge in [0.05, 0.1) is 5.70 Å². The number of aryl methyl sites for hydroxylation is 1. The largest absolute Gasteiger partial charge is 0.343 e. The summed E-state index contributed by atoms with van der Waals surface area (Å²) in [5.74, 6) is -0.346. The van der Waals surface area contributed by atoms with Crippen LogP contribution >= 0.6 is 0 Å². The second-order valence-corrected chi connectivity index (χ2v) is 4.61. The van der Waals surface area contributed by atoms with Crippen molar-refractivity contribution in [2.75, 3.05) is 0 Å². The Morgan fingerprint density at radius 2 is 2.11 bits per heavy atom. The van der Waals surface area contributed by atoms with Crippen molar-refractivity contribution in [1.29, 1.82) is 0 Å². The van der Waals surface area contributed by atoms with Crippen LogP contribution in [-0.4, -0.2) is 9.97 Å². The van der Waals surface area contributed by atoms with Crippen molar-refractivity contribution in [2.24, 2.45) is 4.99 Å². The molecule has 0 spiro atoms. The minimum Gasteiger partial charge on any atom is -0.343 e. The minimum absolute atomic E-state index is 0.300. The first kappa shape index (κ1) is 11.8. The van der Waals surface area contributed by atoms with Gasteiger partial charge < -0.3 is 4.98 Å². The fraction of sp³-hybridized carbons (Fsp3) is 0.200. The standard InChI is InChI=1S/C15H14FN3/c1-9-10(2)18-15-11(9)5-3-7-13(19-15)14-12(16)6-4-8-17-14/h4-8H,3H2,1-2H3,(H,18,19). The van der Waals surface area contributed by atoms with E-state index in [9.17, 15) is 4.39 Å². The predicted molar refractivity (Wildman–Crippen MR) is 72.3 cm³/mol. The van der Waals surface area contributed by atoms with Gasteiger partial charge in [-0.3, -0.25) is 4.98 Å². The summed E-state index contributed by atoms with van der Waals surface area (Å²) in [4.78, 5) is 11.8.